The van der Waals surface area contributed by atoms with E-state index in [0.717, 1.165) is 22.3 Å². The molecule has 1 aliphatic carbocycles. The minimum atomic E-state index is -4.17. The van der Waals surface area contributed by atoms with Crippen LogP contribution >= 0.6 is 7.60 Å². The van der Waals surface area contributed by atoms with Crippen LogP contribution in [0.1, 0.15) is 29.9 Å². The van der Waals surface area contributed by atoms with Crippen LogP contribution in [0.4, 0.5) is 4.79 Å². The second-order valence-electron chi connectivity index (χ2n) is 9.45. The lowest BCUT2D eigenvalue weighted by Crippen LogP contribution is -2.38. The Morgan fingerprint density at radius 3 is 1.76 bits per heavy atom. The molecule has 5 rings (SSSR count). The van der Waals surface area contributed by atoms with E-state index in [1.807, 2.05) is 36.4 Å². The molecule has 8 nitrogen and oxygen atoms in total. The van der Waals surface area contributed by atoms with Crippen LogP contribution in [0, 0.1) is 0 Å². The third-order valence-electron chi connectivity index (χ3n) is 6.81. The van der Waals surface area contributed by atoms with E-state index in [2.05, 4.69) is 17.4 Å². The Morgan fingerprint density at radius 2 is 1.24 bits per heavy atom. The van der Waals surface area contributed by atoms with Gasteiger partial charge in [-0.25, -0.2) is 9.36 Å². The van der Waals surface area contributed by atoms with E-state index in [-0.39, 0.29) is 36.9 Å². The second kappa shape index (κ2) is 12.7. The molecule has 1 N–H and O–H groups in total. The number of hydrogen-bond donors (Lipinski definition) is 1. The van der Waals surface area contributed by atoms with Crippen molar-refractivity contribution in [1.82, 2.24) is 5.32 Å². The van der Waals surface area contributed by atoms with Crippen LogP contribution in [-0.2, 0) is 18.8 Å². The number of benzene rings is 4. The molecule has 0 spiro atoms. The van der Waals surface area contributed by atoms with Crippen molar-refractivity contribution in [2.75, 3.05) is 13.7 Å². The molecule has 41 heavy (non-hydrogen) atoms. The third-order valence-corrected chi connectivity index (χ3v) is 8.89. The number of carbonyl (C=O) groups excluding carboxylic acids is 2. The van der Waals surface area contributed by atoms with Gasteiger partial charge in [0.1, 0.15) is 18.1 Å². The molecule has 0 aromatic heterocycles. The predicted octanol–water partition coefficient (Wildman–Crippen LogP) is 7.16. The first-order chi connectivity index (χ1) is 20.0. The summed E-state index contributed by atoms with van der Waals surface area (Å²) in [5, 5.41) is 2.67. The van der Waals surface area contributed by atoms with E-state index in [9.17, 15) is 14.2 Å². The lowest BCUT2D eigenvalue weighted by molar-refractivity contribution is -0.140. The minimum Gasteiger partial charge on any atom is -0.469 e. The Hall–Kier alpha value is -4.55. The topological polar surface area (TPSA) is 100 Å². The summed E-state index contributed by atoms with van der Waals surface area (Å²) < 4.78 is 36.7. The summed E-state index contributed by atoms with van der Waals surface area (Å²) in [6.07, 6.45) is -1.02. The summed E-state index contributed by atoms with van der Waals surface area (Å²) in [6, 6.07) is 33.0. The first-order valence-electron chi connectivity index (χ1n) is 13.2. The monoisotopic (exact) mass is 571 g/mol. The molecular formula is C32H30NO7P. The van der Waals surface area contributed by atoms with Crippen molar-refractivity contribution in [2.45, 2.75) is 24.5 Å². The van der Waals surface area contributed by atoms with Crippen molar-refractivity contribution in [3.05, 3.63) is 120 Å². The van der Waals surface area contributed by atoms with Crippen LogP contribution in [0.3, 0.4) is 0 Å². The van der Waals surface area contributed by atoms with Crippen molar-refractivity contribution in [3.63, 3.8) is 0 Å². The zero-order valence-electron chi connectivity index (χ0n) is 22.5. The third kappa shape index (κ3) is 6.61. The molecule has 4 aromatic carbocycles. The lowest BCUT2D eigenvalue weighted by atomic mass is 9.98. The summed E-state index contributed by atoms with van der Waals surface area (Å²) >= 11 is 0. The van der Waals surface area contributed by atoms with Crippen molar-refractivity contribution >= 4 is 19.7 Å². The van der Waals surface area contributed by atoms with Crippen LogP contribution in [0.2, 0.25) is 0 Å². The minimum absolute atomic E-state index is 0.0625. The zero-order chi connectivity index (χ0) is 28.7. The van der Waals surface area contributed by atoms with E-state index in [1.165, 1.54) is 7.11 Å². The molecule has 0 bridgehead atoms. The highest BCUT2D eigenvalue weighted by Gasteiger charge is 2.41. The Morgan fingerprint density at radius 1 is 0.756 bits per heavy atom. The summed E-state index contributed by atoms with van der Waals surface area (Å²) in [4.78, 5) is 25.3. The van der Waals surface area contributed by atoms with Crippen molar-refractivity contribution < 1.29 is 32.7 Å². The number of fused-ring (bicyclic) bond motifs is 3. The first-order valence-corrected chi connectivity index (χ1v) is 14.9. The Labute approximate surface area is 238 Å². The quantitative estimate of drug-likeness (QED) is 0.151. The molecule has 0 fully saturated rings. The molecule has 0 radical (unpaired) electrons. The molecule has 0 saturated carbocycles. The number of methoxy groups -OCH3 is 1. The maximum absolute atomic E-state index is 14.4. The van der Waals surface area contributed by atoms with Gasteiger partial charge in [0.25, 0.3) is 0 Å². The van der Waals surface area contributed by atoms with Gasteiger partial charge >= 0.3 is 19.7 Å². The molecule has 1 atom stereocenters. The van der Waals surface area contributed by atoms with Crippen LogP contribution < -0.4 is 14.4 Å². The van der Waals surface area contributed by atoms with Gasteiger partial charge in [0, 0.05) is 12.3 Å². The lowest BCUT2D eigenvalue weighted by Gasteiger charge is -2.28. The van der Waals surface area contributed by atoms with E-state index in [0.29, 0.717) is 0 Å². The second-order valence-corrected chi connectivity index (χ2v) is 11.5. The molecular weight excluding hydrogens is 541 g/mol. The Bertz CT molecular complexity index is 1450. The van der Waals surface area contributed by atoms with Crippen LogP contribution in [0.15, 0.2) is 109 Å². The average Bonchev–Trinajstić information content (AvgIpc) is 3.32. The van der Waals surface area contributed by atoms with Crippen molar-refractivity contribution in [1.29, 1.82) is 0 Å². The number of alkyl carbamates (subject to hydrolysis) is 1. The smallest absolute Gasteiger partial charge is 0.453 e. The Kier molecular flexibility index (Phi) is 8.70. The zero-order valence-corrected chi connectivity index (χ0v) is 23.4. The maximum atomic E-state index is 14.4. The molecule has 0 heterocycles. The predicted molar refractivity (Wildman–Crippen MR) is 155 cm³/mol. The number of amides is 1. The molecule has 1 amide bonds. The number of rotatable bonds is 11. The molecule has 4 aromatic rings. The number of esters is 1. The number of ether oxygens (including phenoxy) is 2. The highest BCUT2D eigenvalue weighted by atomic mass is 31.2. The van der Waals surface area contributed by atoms with Gasteiger partial charge in [0.2, 0.25) is 0 Å². The highest BCUT2D eigenvalue weighted by Crippen LogP contribution is 2.53. The molecule has 1 unspecified atom stereocenters. The van der Waals surface area contributed by atoms with E-state index < -0.39 is 25.4 Å². The van der Waals surface area contributed by atoms with Crippen LogP contribution in [0.25, 0.3) is 11.1 Å². The summed E-state index contributed by atoms with van der Waals surface area (Å²) in [6.45, 7) is 0.0625. The SMILES string of the molecule is COC(=O)CCC(NC(=O)OCC1c2ccccc2-c2ccccc21)P(=O)(Oc1ccccc1)Oc1ccccc1. The number of carbonyl (C=O) groups is 2. The number of hydrogen-bond acceptors (Lipinski definition) is 7. The Balaban J connectivity index is 1.38. The van der Waals surface area contributed by atoms with Gasteiger partial charge in [-0.2, -0.15) is 0 Å². The summed E-state index contributed by atoms with van der Waals surface area (Å²) in [5.41, 5.74) is 4.33. The molecule has 210 valence electrons. The molecule has 1 aliphatic rings. The largest absolute Gasteiger partial charge is 0.469 e. The molecule has 9 heteroatoms. The van der Waals surface area contributed by atoms with Crippen LogP contribution in [-0.4, -0.2) is 31.6 Å². The van der Waals surface area contributed by atoms with E-state index in [1.54, 1.807) is 60.7 Å². The summed E-state index contributed by atoms with van der Waals surface area (Å²) in [7, 11) is -2.91. The summed E-state index contributed by atoms with van der Waals surface area (Å²) in [5.74, 6) is -1.35. The molecule has 0 saturated heterocycles. The van der Waals surface area contributed by atoms with Gasteiger partial charge in [-0.05, 0) is 52.9 Å². The fourth-order valence-corrected chi connectivity index (χ4v) is 6.68. The fraction of sp³-hybridized carbons (Fsp3) is 0.188. The maximum Gasteiger partial charge on any atom is 0.453 e. The van der Waals surface area contributed by atoms with Crippen molar-refractivity contribution in [3.8, 4) is 22.6 Å². The number of nitrogens with one attached hydrogen (secondary N) is 1. The van der Waals surface area contributed by atoms with Crippen LogP contribution in [0.5, 0.6) is 11.5 Å². The van der Waals surface area contributed by atoms with E-state index >= 15 is 0 Å². The van der Waals surface area contributed by atoms with Gasteiger partial charge in [-0.15, -0.1) is 0 Å². The highest BCUT2D eigenvalue weighted by molar-refractivity contribution is 7.55. The van der Waals surface area contributed by atoms with Gasteiger partial charge in [0.05, 0.1) is 7.11 Å². The van der Waals surface area contributed by atoms with Gasteiger partial charge in [-0.3, -0.25) is 4.79 Å². The van der Waals surface area contributed by atoms with Gasteiger partial charge in [-0.1, -0.05) is 84.9 Å². The first kappa shape index (κ1) is 28.0. The van der Waals surface area contributed by atoms with Crippen molar-refractivity contribution in [2.24, 2.45) is 0 Å². The standard InChI is InChI=1S/C32H30NO7P/c1-37-31(34)21-20-30(41(36,39-23-12-4-2-5-13-23)40-24-14-6-3-7-15-24)33-32(35)38-22-29-27-18-10-8-16-25(27)26-17-9-11-19-28(26)29/h2-19,29-30H,20-22H2,1H3,(H,33,35). The molecule has 0 aliphatic heterocycles. The fourth-order valence-electron chi connectivity index (χ4n) is 4.84. The van der Waals surface area contributed by atoms with E-state index in [4.69, 9.17) is 18.5 Å². The normalized spacial score (nSPS) is 12.9. The average molecular weight is 572 g/mol. The van der Waals surface area contributed by atoms with Gasteiger partial charge in [0.15, 0.2) is 5.78 Å². The number of para-hydroxylation sites is 2. The van der Waals surface area contributed by atoms with Gasteiger partial charge < -0.3 is 23.8 Å².